The lowest BCUT2D eigenvalue weighted by molar-refractivity contribution is 0.974. The topological polar surface area (TPSA) is 90.1 Å². The highest BCUT2D eigenvalue weighted by Crippen LogP contribution is 2.24. The van der Waals surface area contributed by atoms with Gasteiger partial charge in [-0.25, -0.2) is 0 Å². The zero-order chi connectivity index (χ0) is 24.1. The van der Waals surface area contributed by atoms with Gasteiger partial charge < -0.3 is 22.5 Å². The van der Waals surface area contributed by atoms with E-state index >= 15 is 0 Å². The number of hydrogen-bond acceptors (Lipinski definition) is 4. The lowest BCUT2D eigenvalue weighted by Crippen LogP contribution is -2.04. The van der Waals surface area contributed by atoms with E-state index in [1.54, 1.807) is 0 Å². The first kappa shape index (κ1) is 26.2. The third kappa shape index (κ3) is 7.79. The van der Waals surface area contributed by atoms with Crippen molar-refractivity contribution in [2.45, 2.75) is 26.3 Å². The summed E-state index contributed by atoms with van der Waals surface area (Å²) in [6, 6.07) is 28.5. The first-order chi connectivity index (χ1) is 16.1. The van der Waals surface area contributed by atoms with Crippen LogP contribution in [0.3, 0.4) is 0 Å². The molecule has 0 unspecified atom stereocenters. The molecule has 0 spiro atoms. The van der Waals surface area contributed by atoms with Crippen LogP contribution in [0.4, 0.5) is 11.4 Å². The Morgan fingerprint density at radius 2 is 1.42 bits per heavy atom. The van der Waals surface area contributed by atoms with Crippen LogP contribution in [0.1, 0.15) is 30.0 Å². The van der Waals surface area contributed by atoms with Crippen molar-refractivity contribution < 1.29 is 0 Å². The molecule has 7 N–H and O–H groups in total. The number of halogens is 1. The third-order valence-electron chi connectivity index (χ3n) is 5.15. The van der Waals surface area contributed by atoms with Gasteiger partial charge in [-0.2, -0.15) is 0 Å². The number of benzene rings is 4. The molecule has 0 bridgehead atoms. The minimum absolute atomic E-state index is 0.529. The summed E-state index contributed by atoms with van der Waals surface area (Å²) >= 11 is 5.95. The fraction of sp³-hybridized carbons (Fsp3) is 0.214. The molecule has 0 radical (unpaired) electrons. The second-order valence-corrected chi connectivity index (χ2v) is 7.89. The highest BCUT2D eigenvalue weighted by molar-refractivity contribution is 6.31. The molecule has 0 aliphatic carbocycles. The normalized spacial score (nSPS) is 9.97. The maximum atomic E-state index is 6.00. The summed E-state index contributed by atoms with van der Waals surface area (Å²) in [6.45, 7) is 3.70. The Bertz CT molecular complexity index is 1130. The number of hydrogen-bond donors (Lipinski definition) is 4. The van der Waals surface area contributed by atoms with Crippen molar-refractivity contribution in [3.63, 3.8) is 0 Å². The summed E-state index contributed by atoms with van der Waals surface area (Å²) < 4.78 is 0. The van der Waals surface area contributed by atoms with E-state index in [2.05, 4.69) is 54.4 Å². The number of rotatable bonds is 6. The van der Waals surface area contributed by atoms with Crippen molar-refractivity contribution in [1.82, 2.24) is 0 Å². The van der Waals surface area contributed by atoms with Crippen LogP contribution in [0, 0.1) is 0 Å². The van der Waals surface area contributed by atoms with Gasteiger partial charge in [-0.15, -0.1) is 0 Å². The van der Waals surface area contributed by atoms with Gasteiger partial charge in [0.25, 0.3) is 0 Å². The van der Waals surface area contributed by atoms with Crippen molar-refractivity contribution in [2.75, 3.05) is 24.6 Å². The van der Waals surface area contributed by atoms with E-state index in [9.17, 15) is 0 Å². The largest absolute Gasteiger partial charge is 0.398 e. The fourth-order valence-corrected chi connectivity index (χ4v) is 3.77. The molecule has 4 nitrogen and oxygen atoms in total. The van der Waals surface area contributed by atoms with Gasteiger partial charge in [-0.1, -0.05) is 79.2 Å². The number of para-hydroxylation sites is 2. The lowest BCUT2D eigenvalue weighted by Gasteiger charge is -2.12. The molecule has 0 fully saturated rings. The first-order valence-electron chi connectivity index (χ1n) is 11.2. The van der Waals surface area contributed by atoms with E-state index in [4.69, 9.17) is 23.1 Å². The highest BCUT2D eigenvalue weighted by atomic mass is 35.5. The van der Waals surface area contributed by atoms with Gasteiger partial charge in [0, 0.05) is 35.9 Å². The van der Waals surface area contributed by atoms with E-state index in [0.29, 0.717) is 6.54 Å². The van der Waals surface area contributed by atoms with E-state index in [0.717, 1.165) is 41.0 Å². The SMILES string of the molecule is CCCNc1ccccc1Cc1ccccc1N.CN.NCc1cc(Cl)cc2ccccc12. The minimum Gasteiger partial charge on any atom is -0.398 e. The predicted octanol–water partition coefficient (Wildman–Crippen LogP) is 6.21. The number of nitrogen functional groups attached to an aromatic ring is 1. The van der Waals surface area contributed by atoms with Crippen molar-refractivity contribution >= 4 is 33.7 Å². The van der Waals surface area contributed by atoms with Crippen molar-refractivity contribution in [3.8, 4) is 0 Å². The van der Waals surface area contributed by atoms with Crippen LogP contribution >= 0.6 is 11.6 Å². The fourth-order valence-electron chi connectivity index (χ4n) is 3.53. The zero-order valence-corrected chi connectivity index (χ0v) is 20.3. The molecular formula is C28H35ClN4. The van der Waals surface area contributed by atoms with Gasteiger partial charge in [0.15, 0.2) is 0 Å². The van der Waals surface area contributed by atoms with Gasteiger partial charge in [-0.3, -0.25) is 0 Å². The molecule has 0 aliphatic rings. The summed E-state index contributed by atoms with van der Waals surface area (Å²) in [5, 5.41) is 6.55. The Morgan fingerprint density at radius 3 is 2.12 bits per heavy atom. The molecule has 174 valence electrons. The van der Waals surface area contributed by atoms with E-state index in [1.807, 2.05) is 48.5 Å². The highest BCUT2D eigenvalue weighted by Gasteiger charge is 2.04. The predicted molar refractivity (Wildman–Crippen MR) is 146 cm³/mol. The second kappa shape index (κ2) is 14.2. The Hall–Kier alpha value is -3.05. The maximum Gasteiger partial charge on any atom is 0.0415 e. The minimum atomic E-state index is 0.529. The molecule has 33 heavy (non-hydrogen) atoms. The van der Waals surface area contributed by atoms with E-state index in [-0.39, 0.29) is 0 Å². The second-order valence-electron chi connectivity index (χ2n) is 7.45. The summed E-state index contributed by atoms with van der Waals surface area (Å²) in [7, 11) is 1.50. The van der Waals surface area contributed by atoms with Crippen LogP contribution in [-0.2, 0) is 13.0 Å². The van der Waals surface area contributed by atoms with Gasteiger partial charge in [0.1, 0.15) is 0 Å². The molecule has 0 saturated carbocycles. The van der Waals surface area contributed by atoms with Crippen LogP contribution < -0.4 is 22.5 Å². The monoisotopic (exact) mass is 462 g/mol. The molecule has 4 rings (SSSR count). The Morgan fingerprint density at radius 1 is 0.788 bits per heavy atom. The average molecular weight is 463 g/mol. The molecule has 0 saturated heterocycles. The van der Waals surface area contributed by atoms with Gasteiger partial charge in [0.2, 0.25) is 0 Å². The number of anilines is 2. The van der Waals surface area contributed by atoms with Crippen LogP contribution in [-0.4, -0.2) is 13.6 Å². The Balaban J connectivity index is 0.000000227. The van der Waals surface area contributed by atoms with Crippen LogP contribution in [0.15, 0.2) is 84.9 Å². The molecule has 0 aromatic heterocycles. The summed E-state index contributed by atoms with van der Waals surface area (Å²) in [6.07, 6.45) is 2.00. The van der Waals surface area contributed by atoms with Crippen molar-refractivity contribution in [1.29, 1.82) is 0 Å². The summed E-state index contributed by atoms with van der Waals surface area (Å²) in [5.41, 5.74) is 21.8. The molecule has 0 heterocycles. The van der Waals surface area contributed by atoms with Crippen LogP contribution in [0.2, 0.25) is 5.02 Å². The molecule has 5 heteroatoms. The average Bonchev–Trinajstić information content (AvgIpc) is 2.86. The number of nitrogens with one attached hydrogen (secondary N) is 1. The molecule has 0 amide bonds. The lowest BCUT2D eigenvalue weighted by atomic mass is 10.0. The zero-order valence-electron chi connectivity index (χ0n) is 19.5. The standard InChI is InChI=1S/C16H20N2.C11H10ClN.CH5N/c1-2-11-18-16-10-6-4-8-14(16)12-13-7-3-5-9-15(13)17;12-10-5-8-3-1-2-4-11(8)9(6-10)7-13;1-2/h3-10,18H,2,11-12,17H2,1H3;1-6H,7,13H2;2H2,1H3. The van der Waals surface area contributed by atoms with E-state index in [1.165, 1.54) is 29.2 Å². The van der Waals surface area contributed by atoms with Crippen molar-refractivity contribution in [3.05, 3.63) is 107 Å². The maximum absolute atomic E-state index is 6.00. The number of fused-ring (bicyclic) bond motifs is 1. The molecule has 4 aromatic carbocycles. The van der Waals surface area contributed by atoms with Gasteiger partial charge in [-0.05, 0) is 65.2 Å². The van der Waals surface area contributed by atoms with Crippen LogP contribution in [0.25, 0.3) is 10.8 Å². The summed E-state index contributed by atoms with van der Waals surface area (Å²) in [4.78, 5) is 0. The van der Waals surface area contributed by atoms with Gasteiger partial charge in [0.05, 0.1) is 0 Å². The Labute approximate surface area is 202 Å². The van der Waals surface area contributed by atoms with Gasteiger partial charge >= 0.3 is 0 Å². The van der Waals surface area contributed by atoms with Crippen molar-refractivity contribution in [2.24, 2.45) is 11.5 Å². The Kier molecular flexibility index (Phi) is 11.3. The third-order valence-corrected chi connectivity index (χ3v) is 5.37. The number of nitrogens with two attached hydrogens (primary N) is 3. The molecule has 0 aliphatic heterocycles. The quantitative estimate of drug-likeness (QED) is 0.256. The van der Waals surface area contributed by atoms with Crippen LogP contribution in [0.5, 0.6) is 0 Å². The molecule has 0 atom stereocenters. The molecular weight excluding hydrogens is 428 g/mol. The smallest absolute Gasteiger partial charge is 0.0415 e. The first-order valence-corrected chi connectivity index (χ1v) is 11.6. The molecule has 4 aromatic rings. The van der Waals surface area contributed by atoms with E-state index < -0.39 is 0 Å². The summed E-state index contributed by atoms with van der Waals surface area (Å²) in [5.74, 6) is 0.